The summed E-state index contributed by atoms with van der Waals surface area (Å²) in [5.41, 5.74) is 2.66. The van der Waals surface area contributed by atoms with Gasteiger partial charge in [-0.2, -0.15) is 5.10 Å². The van der Waals surface area contributed by atoms with E-state index in [0.29, 0.717) is 11.3 Å². The second-order valence-electron chi connectivity index (χ2n) is 3.65. The van der Waals surface area contributed by atoms with Crippen LogP contribution in [0.2, 0.25) is 0 Å². The molecule has 0 aliphatic carbocycles. The largest absolute Gasteiger partial charge is 0.460 e. The molecule has 5 heteroatoms. The number of furan rings is 1. The van der Waals surface area contributed by atoms with Crippen molar-refractivity contribution in [3.05, 3.63) is 59.3 Å². The molecule has 2 aromatic rings. The molecule has 0 radical (unpaired) electrons. The third kappa shape index (κ3) is 3.04. The van der Waals surface area contributed by atoms with E-state index in [0.717, 1.165) is 5.76 Å². The van der Waals surface area contributed by atoms with Crippen LogP contribution in [0.4, 0.5) is 4.39 Å². The summed E-state index contributed by atoms with van der Waals surface area (Å²) in [6.45, 7) is 1.81. The predicted molar refractivity (Wildman–Crippen MR) is 64.9 cm³/mol. The maximum Gasteiger partial charge on any atom is 0.271 e. The molecule has 0 bridgehead atoms. The van der Waals surface area contributed by atoms with Crippen molar-refractivity contribution in [2.45, 2.75) is 6.92 Å². The van der Waals surface area contributed by atoms with Crippen LogP contribution in [0.1, 0.15) is 21.9 Å². The van der Waals surface area contributed by atoms with Gasteiger partial charge < -0.3 is 4.42 Å². The second-order valence-corrected chi connectivity index (χ2v) is 3.65. The van der Waals surface area contributed by atoms with Crippen LogP contribution in [-0.2, 0) is 0 Å². The van der Waals surface area contributed by atoms with Crippen LogP contribution in [0, 0.1) is 12.7 Å². The van der Waals surface area contributed by atoms with Crippen molar-refractivity contribution in [3.63, 3.8) is 0 Å². The Hall–Kier alpha value is -2.43. The molecule has 0 unspecified atom stereocenters. The second kappa shape index (κ2) is 5.27. The van der Waals surface area contributed by atoms with Crippen molar-refractivity contribution in [2.75, 3.05) is 0 Å². The smallest absolute Gasteiger partial charge is 0.271 e. The Morgan fingerprint density at radius 1 is 1.28 bits per heavy atom. The lowest BCUT2D eigenvalue weighted by Crippen LogP contribution is -2.17. The molecule has 0 aliphatic rings. The summed E-state index contributed by atoms with van der Waals surface area (Å²) in [6, 6.07) is 8.74. The van der Waals surface area contributed by atoms with Gasteiger partial charge in [0, 0.05) is 5.56 Å². The Bertz CT molecular complexity index is 573. The molecule has 1 N–H and O–H groups in total. The van der Waals surface area contributed by atoms with Gasteiger partial charge in [-0.05, 0) is 43.3 Å². The Balaban J connectivity index is 1.96. The van der Waals surface area contributed by atoms with E-state index in [9.17, 15) is 9.18 Å². The highest BCUT2D eigenvalue weighted by molar-refractivity contribution is 5.94. The lowest BCUT2D eigenvalue weighted by atomic mass is 10.2. The van der Waals surface area contributed by atoms with Crippen molar-refractivity contribution < 1.29 is 13.6 Å². The highest BCUT2D eigenvalue weighted by atomic mass is 19.1. The maximum absolute atomic E-state index is 12.7. The lowest BCUT2D eigenvalue weighted by Gasteiger charge is -1.98. The SMILES string of the molecule is Cc1ccc(C=NNC(=O)c2ccc(F)cc2)o1. The van der Waals surface area contributed by atoms with Gasteiger partial charge in [-0.15, -0.1) is 0 Å². The van der Waals surface area contributed by atoms with Crippen LogP contribution < -0.4 is 5.43 Å². The summed E-state index contributed by atoms with van der Waals surface area (Å²) in [4.78, 5) is 11.6. The van der Waals surface area contributed by atoms with Gasteiger partial charge in [0.2, 0.25) is 0 Å². The van der Waals surface area contributed by atoms with Crippen molar-refractivity contribution in [1.82, 2.24) is 5.43 Å². The fraction of sp³-hybridized carbons (Fsp3) is 0.0769. The highest BCUT2D eigenvalue weighted by Crippen LogP contribution is 2.04. The van der Waals surface area contributed by atoms with Crippen molar-refractivity contribution in [3.8, 4) is 0 Å². The number of hydrogen-bond donors (Lipinski definition) is 1. The summed E-state index contributed by atoms with van der Waals surface area (Å²) in [5, 5.41) is 3.74. The van der Waals surface area contributed by atoms with Gasteiger partial charge in [-0.25, -0.2) is 9.82 Å². The van der Waals surface area contributed by atoms with Gasteiger partial charge >= 0.3 is 0 Å². The number of aryl methyl sites for hydroxylation is 1. The van der Waals surface area contributed by atoms with Crippen LogP contribution in [0.15, 0.2) is 45.9 Å². The number of carbonyl (C=O) groups is 1. The topological polar surface area (TPSA) is 54.6 Å². The molecule has 1 aromatic heterocycles. The van der Waals surface area contributed by atoms with Crippen LogP contribution in [0.25, 0.3) is 0 Å². The molecule has 92 valence electrons. The number of nitrogens with zero attached hydrogens (tertiary/aromatic N) is 1. The van der Waals surface area contributed by atoms with Crippen LogP contribution >= 0.6 is 0 Å². The molecular weight excluding hydrogens is 235 g/mol. The normalized spacial score (nSPS) is 10.8. The van der Waals surface area contributed by atoms with E-state index in [1.165, 1.54) is 30.5 Å². The molecule has 1 amide bonds. The first-order valence-electron chi connectivity index (χ1n) is 5.30. The number of amides is 1. The van der Waals surface area contributed by atoms with E-state index in [-0.39, 0.29) is 5.82 Å². The van der Waals surface area contributed by atoms with E-state index >= 15 is 0 Å². The van der Waals surface area contributed by atoms with Crippen molar-refractivity contribution in [1.29, 1.82) is 0 Å². The van der Waals surface area contributed by atoms with E-state index in [1.807, 2.05) is 6.92 Å². The predicted octanol–water partition coefficient (Wildman–Crippen LogP) is 2.49. The number of halogens is 1. The third-order valence-electron chi connectivity index (χ3n) is 2.23. The molecule has 4 nitrogen and oxygen atoms in total. The summed E-state index contributed by atoms with van der Waals surface area (Å²) in [5.74, 6) is 0.517. The number of carbonyl (C=O) groups excluding carboxylic acids is 1. The Kier molecular flexibility index (Phi) is 3.52. The number of hydrogen-bond acceptors (Lipinski definition) is 3. The van der Waals surface area contributed by atoms with E-state index < -0.39 is 5.91 Å². The van der Waals surface area contributed by atoms with Gasteiger partial charge in [-0.3, -0.25) is 4.79 Å². The number of rotatable bonds is 3. The first kappa shape index (κ1) is 12.0. The minimum absolute atomic E-state index is 0.337. The average molecular weight is 246 g/mol. The van der Waals surface area contributed by atoms with Crippen molar-refractivity contribution >= 4 is 12.1 Å². The minimum Gasteiger partial charge on any atom is -0.460 e. The Morgan fingerprint density at radius 2 is 2.00 bits per heavy atom. The van der Waals surface area contributed by atoms with Gasteiger partial charge in [0.05, 0.1) is 6.21 Å². The molecule has 1 heterocycles. The molecule has 0 spiro atoms. The number of benzene rings is 1. The summed E-state index contributed by atoms with van der Waals surface area (Å²) < 4.78 is 17.9. The average Bonchev–Trinajstić information content (AvgIpc) is 2.76. The van der Waals surface area contributed by atoms with Gasteiger partial charge in [-0.1, -0.05) is 0 Å². The van der Waals surface area contributed by atoms with E-state index in [4.69, 9.17) is 4.42 Å². The van der Waals surface area contributed by atoms with Crippen LogP contribution in [0.3, 0.4) is 0 Å². The summed E-state index contributed by atoms with van der Waals surface area (Å²) in [6.07, 6.45) is 1.40. The number of hydrazone groups is 1. The van der Waals surface area contributed by atoms with Crippen molar-refractivity contribution in [2.24, 2.45) is 5.10 Å². The molecule has 0 fully saturated rings. The molecule has 2 rings (SSSR count). The zero-order chi connectivity index (χ0) is 13.0. The monoisotopic (exact) mass is 246 g/mol. The van der Waals surface area contributed by atoms with Crippen LogP contribution in [-0.4, -0.2) is 12.1 Å². The molecule has 0 atom stereocenters. The molecule has 18 heavy (non-hydrogen) atoms. The first-order chi connectivity index (χ1) is 8.65. The van der Waals surface area contributed by atoms with Gasteiger partial charge in [0.1, 0.15) is 17.3 Å². The van der Waals surface area contributed by atoms with Crippen LogP contribution in [0.5, 0.6) is 0 Å². The third-order valence-corrected chi connectivity index (χ3v) is 2.23. The summed E-state index contributed by atoms with van der Waals surface area (Å²) >= 11 is 0. The lowest BCUT2D eigenvalue weighted by molar-refractivity contribution is 0.0955. The fourth-order valence-electron chi connectivity index (χ4n) is 1.34. The van der Waals surface area contributed by atoms with Gasteiger partial charge in [0.15, 0.2) is 0 Å². The number of nitrogens with one attached hydrogen (secondary N) is 1. The maximum atomic E-state index is 12.7. The van der Waals surface area contributed by atoms with Gasteiger partial charge in [0.25, 0.3) is 5.91 Å². The Labute approximate surface area is 103 Å². The molecule has 0 saturated heterocycles. The first-order valence-corrected chi connectivity index (χ1v) is 5.30. The zero-order valence-electron chi connectivity index (χ0n) is 9.68. The quantitative estimate of drug-likeness (QED) is 0.668. The zero-order valence-corrected chi connectivity index (χ0v) is 9.68. The fourth-order valence-corrected chi connectivity index (χ4v) is 1.34. The molecular formula is C13H11FN2O2. The Morgan fingerprint density at radius 3 is 2.61 bits per heavy atom. The standard InChI is InChI=1S/C13H11FN2O2/c1-9-2-7-12(18-9)8-15-16-13(17)10-3-5-11(14)6-4-10/h2-8H,1H3,(H,16,17). The summed E-state index contributed by atoms with van der Waals surface area (Å²) in [7, 11) is 0. The minimum atomic E-state index is -0.408. The van der Waals surface area contributed by atoms with E-state index in [1.54, 1.807) is 12.1 Å². The van der Waals surface area contributed by atoms with E-state index in [2.05, 4.69) is 10.5 Å². The highest BCUT2D eigenvalue weighted by Gasteiger charge is 2.03. The molecule has 0 aliphatic heterocycles. The molecule has 0 saturated carbocycles. The molecule has 1 aromatic carbocycles.